The summed E-state index contributed by atoms with van der Waals surface area (Å²) < 4.78 is 55.2. The Bertz CT molecular complexity index is 1320. The van der Waals surface area contributed by atoms with Crippen molar-refractivity contribution in [3.63, 3.8) is 0 Å². The summed E-state index contributed by atoms with van der Waals surface area (Å²) in [5, 5.41) is 9.31. The second-order valence-electron chi connectivity index (χ2n) is 7.61. The monoisotopic (exact) mass is 444 g/mol. The third-order valence-corrected chi connectivity index (χ3v) is 5.46. The van der Waals surface area contributed by atoms with Crippen molar-refractivity contribution in [2.75, 3.05) is 5.32 Å². The van der Waals surface area contributed by atoms with E-state index in [0.29, 0.717) is 21.6 Å². The lowest BCUT2D eigenvalue weighted by molar-refractivity contribution is -0.143. The number of benzene rings is 2. The van der Waals surface area contributed by atoms with Crippen molar-refractivity contribution in [1.82, 2.24) is 25.0 Å². The first kappa shape index (κ1) is 20.2. The predicted octanol–water partition coefficient (Wildman–Crippen LogP) is 4.82. The molecule has 0 unspecified atom stereocenters. The van der Waals surface area contributed by atoms with Gasteiger partial charge in [0.2, 0.25) is 0 Å². The molecule has 2 N–H and O–H groups in total. The second-order valence-corrected chi connectivity index (χ2v) is 7.61. The number of imidazole rings is 1. The third-order valence-electron chi connectivity index (χ3n) is 5.46. The minimum atomic E-state index is -4.95. The number of halogens is 4. The van der Waals surface area contributed by atoms with Gasteiger partial charge in [0.1, 0.15) is 11.6 Å². The van der Waals surface area contributed by atoms with Crippen LogP contribution in [0.3, 0.4) is 0 Å². The Morgan fingerprint density at radius 3 is 2.66 bits per heavy atom. The molecule has 0 radical (unpaired) electrons. The fraction of sp³-hybridized carbons (Fsp3) is 0.238. The van der Waals surface area contributed by atoms with Gasteiger partial charge >= 0.3 is 6.18 Å². The highest BCUT2D eigenvalue weighted by Crippen LogP contribution is 2.36. The molecule has 2 heterocycles. The van der Waals surface area contributed by atoms with Crippen LogP contribution in [-0.4, -0.2) is 30.9 Å². The van der Waals surface area contributed by atoms with Gasteiger partial charge in [-0.25, -0.2) is 14.1 Å². The standard InChI is InChI=1S/C21H16F4N6O/c22-12-5-2-6-14(9-12)31-18(21(23,24)25)17(29-30-31)20(32)26-13-7-8-15-16(10-13)28-19(27-15)11-3-1-4-11/h2,5-11H,1,3-4H2,(H,26,32)(H,27,28). The van der Waals surface area contributed by atoms with Crippen LogP contribution in [0.15, 0.2) is 42.5 Å². The molecule has 0 saturated heterocycles. The van der Waals surface area contributed by atoms with Gasteiger partial charge in [0.05, 0.1) is 16.7 Å². The largest absolute Gasteiger partial charge is 0.435 e. The number of alkyl halides is 3. The zero-order valence-corrected chi connectivity index (χ0v) is 16.4. The first-order valence-corrected chi connectivity index (χ1v) is 9.89. The number of anilines is 1. The summed E-state index contributed by atoms with van der Waals surface area (Å²) in [5.41, 5.74) is -0.856. The summed E-state index contributed by atoms with van der Waals surface area (Å²) >= 11 is 0. The lowest BCUT2D eigenvalue weighted by atomic mass is 9.85. The molecule has 1 aliphatic carbocycles. The van der Waals surface area contributed by atoms with Crippen LogP contribution in [-0.2, 0) is 6.18 Å². The molecule has 1 aliphatic rings. The molecule has 1 saturated carbocycles. The first-order valence-electron chi connectivity index (χ1n) is 9.89. The molecule has 0 atom stereocenters. The Morgan fingerprint density at radius 1 is 1.16 bits per heavy atom. The smallest absolute Gasteiger partial charge is 0.342 e. The summed E-state index contributed by atoms with van der Waals surface area (Å²) in [6, 6.07) is 9.27. The molecule has 2 aromatic heterocycles. The van der Waals surface area contributed by atoms with Crippen molar-refractivity contribution in [3.8, 4) is 5.69 Å². The van der Waals surface area contributed by atoms with E-state index in [9.17, 15) is 22.4 Å². The molecule has 0 bridgehead atoms. The van der Waals surface area contributed by atoms with Crippen molar-refractivity contribution in [2.24, 2.45) is 0 Å². The third kappa shape index (κ3) is 3.59. The highest BCUT2D eigenvalue weighted by atomic mass is 19.4. The normalized spacial score (nSPS) is 14.5. The van der Waals surface area contributed by atoms with Crippen LogP contribution in [0.1, 0.15) is 47.2 Å². The van der Waals surface area contributed by atoms with E-state index in [-0.39, 0.29) is 11.4 Å². The number of aromatic amines is 1. The molecule has 164 valence electrons. The van der Waals surface area contributed by atoms with Gasteiger partial charge in [-0.15, -0.1) is 5.10 Å². The second kappa shape index (κ2) is 7.43. The zero-order valence-electron chi connectivity index (χ0n) is 16.4. The average Bonchev–Trinajstić information content (AvgIpc) is 3.30. The molecular weight excluding hydrogens is 428 g/mol. The van der Waals surface area contributed by atoms with E-state index in [1.165, 1.54) is 12.1 Å². The summed E-state index contributed by atoms with van der Waals surface area (Å²) in [4.78, 5) is 20.4. The van der Waals surface area contributed by atoms with Gasteiger partial charge in [-0.05, 0) is 49.2 Å². The van der Waals surface area contributed by atoms with Gasteiger partial charge in [-0.2, -0.15) is 13.2 Å². The average molecular weight is 444 g/mol. The maximum absolute atomic E-state index is 13.8. The predicted molar refractivity (Wildman–Crippen MR) is 107 cm³/mol. The fourth-order valence-electron chi connectivity index (χ4n) is 3.65. The van der Waals surface area contributed by atoms with Crippen LogP contribution in [0.5, 0.6) is 0 Å². The highest BCUT2D eigenvalue weighted by Gasteiger charge is 2.42. The molecule has 2 aromatic carbocycles. The van der Waals surface area contributed by atoms with E-state index in [1.807, 2.05) is 0 Å². The maximum Gasteiger partial charge on any atom is 0.435 e. The summed E-state index contributed by atoms with van der Waals surface area (Å²) in [5.74, 6) is -0.580. The van der Waals surface area contributed by atoms with Gasteiger partial charge in [0, 0.05) is 11.6 Å². The number of hydrogen-bond acceptors (Lipinski definition) is 4. The quantitative estimate of drug-likeness (QED) is 0.442. The number of carbonyl (C=O) groups excluding carboxylic acids is 1. The molecule has 11 heteroatoms. The van der Waals surface area contributed by atoms with Crippen LogP contribution >= 0.6 is 0 Å². The molecule has 5 rings (SSSR count). The molecule has 0 aliphatic heterocycles. The van der Waals surface area contributed by atoms with Gasteiger partial charge in [-0.3, -0.25) is 4.79 Å². The van der Waals surface area contributed by atoms with Crippen LogP contribution in [0, 0.1) is 5.82 Å². The minimum absolute atomic E-state index is 0.203. The lowest BCUT2D eigenvalue weighted by Crippen LogP contribution is -2.21. The molecule has 1 fully saturated rings. The Labute approximate surface area is 178 Å². The number of fused-ring (bicyclic) bond motifs is 1. The number of H-pyrrole nitrogens is 1. The number of aromatic nitrogens is 5. The number of nitrogens with one attached hydrogen (secondary N) is 2. The van der Waals surface area contributed by atoms with E-state index in [4.69, 9.17) is 0 Å². The van der Waals surface area contributed by atoms with Gasteiger partial charge < -0.3 is 10.3 Å². The van der Waals surface area contributed by atoms with Crippen LogP contribution in [0.25, 0.3) is 16.7 Å². The van der Waals surface area contributed by atoms with Crippen molar-refractivity contribution in [1.29, 1.82) is 0 Å². The summed E-state index contributed by atoms with van der Waals surface area (Å²) in [6.45, 7) is 0. The van der Waals surface area contributed by atoms with Crippen LogP contribution < -0.4 is 5.32 Å². The molecule has 4 aromatic rings. The maximum atomic E-state index is 13.8. The van der Waals surface area contributed by atoms with Crippen LogP contribution in [0.2, 0.25) is 0 Å². The van der Waals surface area contributed by atoms with E-state index >= 15 is 0 Å². The number of nitrogens with zero attached hydrogens (tertiary/aromatic N) is 4. The lowest BCUT2D eigenvalue weighted by Gasteiger charge is -2.22. The molecule has 7 nitrogen and oxygen atoms in total. The van der Waals surface area contributed by atoms with E-state index in [1.54, 1.807) is 18.2 Å². The van der Waals surface area contributed by atoms with Gasteiger partial charge in [0.25, 0.3) is 5.91 Å². The van der Waals surface area contributed by atoms with E-state index in [2.05, 4.69) is 25.6 Å². The minimum Gasteiger partial charge on any atom is -0.342 e. The summed E-state index contributed by atoms with van der Waals surface area (Å²) in [7, 11) is 0. The molecule has 0 spiro atoms. The summed E-state index contributed by atoms with van der Waals surface area (Å²) in [6.07, 6.45) is -1.68. The Balaban J connectivity index is 1.46. The van der Waals surface area contributed by atoms with Crippen molar-refractivity contribution in [3.05, 3.63) is 65.5 Å². The highest BCUT2D eigenvalue weighted by molar-refractivity contribution is 6.04. The number of rotatable bonds is 4. The number of amides is 1. The first-order chi connectivity index (χ1) is 15.3. The van der Waals surface area contributed by atoms with Gasteiger partial charge in [0.15, 0.2) is 11.4 Å². The van der Waals surface area contributed by atoms with E-state index < -0.39 is 29.3 Å². The Morgan fingerprint density at radius 2 is 1.97 bits per heavy atom. The molecule has 32 heavy (non-hydrogen) atoms. The number of hydrogen-bond donors (Lipinski definition) is 2. The van der Waals surface area contributed by atoms with Crippen molar-refractivity contribution >= 4 is 22.6 Å². The Kier molecular flexibility index (Phi) is 4.68. The Hall–Kier alpha value is -3.76. The SMILES string of the molecule is O=C(Nc1ccc2nc(C3CCC3)[nH]c2c1)c1nnn(-c2cccc(F)c2)c1C(F)(F)F. The molecule has 1 amide bonds. The van der Waals surface area contributed by atoms with Crippen LogP contribution in [0.4, 0.5) is 23.2 Å². The van der Waals surface area contributed by atoms with Crippen molar-refractivity contribution in [2.45, 2.75) is 31.4 Å². The zero-order chi connectivity index (χ0) is 22.5. The fourth-order valence-corrected chi connectivity index (χ4v) is 3.65. The van der Waals surface area contributed by atoms with Crippen molar-refractivity contribution < 1.29 is 22.4 Å². The topological polar surface area (TPSA) is 88.5 Å². The van der Waals surface area contributed by atoms with E-state index in [0.717, 1.165) is 37.2 Å². The molecular formula is C21H16F4N6O. The number of carbonyl (C=O) groups is 1. The van der Waals surface area contributed by atoms with Gasteiger partial charge in [-0.1, -0.05) is 17.7 Å².